The summed E-state index contributed by atoms with van der Waals surface area (Å²) in [6.07, 6.45) is 6.25. The van der Waals surface area contributed by atoms with E-state index < -0.39 is 17.7 Å². The molecule has 0 radical (unpaired) electrons. The summed E-state index contributed by atoms with van der Waals surface area (Å²) in [7, 11) is 0. The highest BCUT2D eigenvalue weighted by Gasteiger charge is 2.62. The maximum atomic E-state index is 13.3. The summed E-state index contributed by atoms with van der Waals surface area (Å²) in [6.45, 7) is 3.20. The molecule has 2 fully saturated rings. The number of piperidine rings is 1. The van der Waals surface area contributed by atoms with Gasteiger partial charge in [0.1, 0.15) is 11.6 Å². The molecule has 0 aromatic carbocycles. The lowest BCUT2D eigenvalue weighted by Crippen LogP contribution is -2.45. The van der Waals surface area contributed by atoms with Gasteiger partial charge >= 0.3 is 0 Å². The Balaban J connectivity index is 1.51. The molecule has 3 aromatic heterocycles. The van der Waals surface area contributed by atoms with Gasteiger partial charge in [0.25, 0.3) is 5.92 Å². The number of fused-ring (bicyclic) bond motifs is 3. The van der Waals surface area contributed by atoms with E-state index in [1.165, 1.54) is 0 Å². The van der Waals surface area contributed by atoms with Crippen molar-refractivity contribution >= 4 is 27.8 Å². The second-order valence-electron chi connectivity index (χ2n) is 7.66. The van der Waals surface area contributed by atoms with Crippen LogP contribution >= 0.6 is 0 Å². The summed E-state index contributed by atoms with van der Waals surface area (Å²) < 4.78 is 28.9. The predicted octanol–water partition coefficient (Wildman–Crippen LogP) is 3.58. The molecule has 5 rings (SSSR count). The molecule has 0 bridgehead atoms. The maximum Gasteiger partial charge on any atom is 0.260 e. The Bertz CT molecular complexity index is 1010. The zero-order valence-corrected chi connectivity index (χ0v) is 14.5. The number of carbonyl (C=O) groups excluding carboxylic acids is 1. The topological polar surface area (TPSA) is 53.9 Å². The third-order valence-corrected chi connectivity index (χ3v) is 5.97. The van der Waals surface area contributed by atoms with E-state index >= 15 is 0 Å². The number of alkyl halides is 2. The minimum Gasteiger partial charge on any atom is -0.346 e. The highest BCUT2D eigenvalue weighted by molar-refractivity contribution is 6.02. The van der Waals surface area contributed by atoms with E-state index in [1.807, 2.05) is 30.7 Å². The molecule has 2 unspecified atom stereocenters. The normalized spacial score (nSPS) is 28.0. The molecule has 0 spiro atoms. The Morgan fingerprint density at radius 1 is 1.38 bits per heavy atom. The lowest BCUT2D eigenvalue weighted by atomic mass is 9.92. The SMILES string of the molecule is CC1CCN(C(=O)C2CC2(F)F)C[C@@H]1n1ccc2cnc3[nH]ccc3c21. The number of hydrogen-bond acceptors (Lipinski definition) is 2. The van der Waals surface area contributed by atoms with Crippen LogP contribution in [-0.2, 0) is 4.79 Å². The molecule has 5 nitrogen and oxygen atoms in total. The molecular weight excluding hydrogens is 338 g/mol. The minimum absolute atomic E-state index is 0.0677. The lowest BCUT2D eigenvalue weighted by molar-refractivity contribution is -0.137. The van der Waals surface area contributed by atoms with Crippen molar-refractivity contribution in [1.29, 1.82) is 0 Å². The molecule has 1 N–H and O–H groups in total. The maximum absolute atomic E-state index is 13.3. The molecular formula is C19H20F2N4O. The van der Waals surface area contributed by atoms with Crippen LogP contribution in [0.15, 0.2) is 30.7 Å². The van der Waals surface area contributed by atoms with Crippen LogP contribution in [0.1, 0.15) is 25.8 Å². The standard InChI is InChI=1S/C19H20F2N4O/c1-11-3-6-24(18(26)14-8-19(14,20)21)10-15(11)25-7-4-12-9-23-17-13(16(12)25)2-5-22-17/h2,4-5,7,9,11,14-15H,3,6,8,10H2,1H3,(H,22,23)/t11?,14?,15-/m0/s1. The smallest absolute Gasteiger partial charge is 0.260 e. The van der Waals surface area contributed by atoms with Gasteiger partial charge in [0.2, 0.25) is 5.91 Å². The van der Waals surface area contributed by atoms with Gasteiger partial charge in [-0.2, -0.15) is 0 Å². The number of H-pyrrole nitrogens is 1. The first-order valence-electron chi connectivity index (χ1n) is 9.05. The van der Waals surface area contributed by atoms with E-state index in [-0.39, 0.29) is 12.5 Å². The fraction of sp³-hybridized carbons (Fsp3) is 0.474. The number of nitrogens with one attached hydrogen (secondary N) is 1. The molecule has 3 atom stereocenters. The first kappa shape index (κ1) is 15.8. The molecule has 26 heavy (non-hydrogen) atoms. The lowest BCUT2D eigenvalue weighted by Gasteiger charge is -2.38. The van der Waals surface area contributed by atoms with Crippen molar-refractivity contribution in [2.24, 2.45) is 11.8 Å². The second kappa shape index (κ2) is 5.28. The molecule has 2 aliphatic rings. The molecule has 7 heteroatoms. The van der Waals surface area contributed by atoms with Crippen molar-refractivity contribution in [2.45, 2.75) is 31.7 Å². The molecule has 1 saturated heterocycles. The number of aromatic nitrogens is 3. The molecule has 3 aromatic rings. The first-order valence-corrected chi connectivity index (χ1v) is 9.05. The largest absolute Gasteiger partial charge is 0.346 e. The molecule has 136 valence electrons. The Morgan fingerprint density at radius 3 is 2.96 bits per heavy atom. The summed E-state index contributed by atoms with van der Waals surface area (Å²) in [5.41, 5.74) is 1.91. The number of hydrogen-bond donors (Lipinski definition) is 1. The Morgan fingerprint density at radius 2 is 2.19 bits per heavy atom. The average Bonchev–Trinajstić information content (AvgIpc) is 2.99. The van der Waals surface area contributed by atoms with Gasteiger partial charge in [-0.25, -0.2) is 13.8 Å². The quantitative estimate of drug-likeness (QED) is 0.761. The number of likely N-dealkylation sites (tertiary alicyclic amines) is 1. The molecule has 1 aliphatic heterocycles. The number of carbonyl (C=O) groups is 1. The van der Waals surface area contributed by atoms with Gasteiger partial charge in [-0.05, 0) is 24.5 Å². The molecule has 1 aliphatic carbocycles. The molecule has 4 heterocycles. The van der Waals surface area contributed by atoms with E-state index in [0.29, 0.717) is 19.0 Å². The van der Waals surface area contributed by atoms with E-state index in [2.05, 4.69) is 21.5 Å². The summed E-state index contributed by atoms with van der Waals surface area (Å²) >= 11 is 0. The highest BCUT2D eigenvalue weighted by Crippen LogP contribution is 2.50. The number of halogens is 2. The van der Waals surface area contributed by atoms with Gasteiger partial charge in [0.15, 0.2) is 0 Å². The highest BCUT2D eigenvalue weighted by atomic mass is 19.3. The Hall–Kier alpha value is -2.44. The number of rotatable bonds is 2. The fourth-order valence-electron chi connectivity index (χ4n) is 4.24. The van der Waals surface area contributed by atoms with Crippen LogP contribution in [0.2, 0.25) is 0 Å². The third kappa shape index (κ3) is 2.26. The van der Waals surface area contributed by atoms with Gasteiger partial charge < -0.3 is 14.5 Å². The van der Waals surface area contributed by atoms with Crippen LogP contribution in [0, 0.1) is 11.8 Å². The number of aromatic amines is 1. The van der Waals surface area contributed by atoms with Crippen molar-refractivity contribution in [3.05, 3.63) is 30.7 Å². The number of nitrogens with zero attached hydrogens (tertiary/aromatic N) is 3. The van der Waals surface area contributed by atoms with Gasteiger partial charge in [-0.1, -0.05) is 6.92 Å². The van der Waals surface area contributed by atoms with Crippen molar-refractivity contribution in [2.75, 3.05) is 13.1 Å². The van der Waals surface area contributed by atoms with Crippen molar-refractivity contribution in [3.8, 4) is 0 Å². The van der Waals surface area contributed by atoms with Crippen LogP contribution < -0.4 is 0 Å². The van der Waals surface area contributed by atoms with Crippen LogP contribution in [0.3, 0.4) is 0 Å². The molecule has 1 amide bonds. The van der Waals surface area contributed by atoms with Crippen molar-refractivity contribution in [1.82, 2.24) is 19.4 Å². The van der Waals surface area contributed by atoms with E-state index in [0.717, 1.165) is 28.4 Å². The van der Waals surface area contributed by atoms with Crippen molar-refractivity contribution in [3.63, 3.8) is 0 Å². The summed E-state index contributed by atoms with van der Waals surface area (Å²) in [6, 6.07) is 4.10. The second-order valence-corrected chi connectivity index (χ2v) is 7.66. The van der Waals surface area contributed by atoms with Gasteiger partial charge in [-0.15, -0.1) is 0 Å². The first-order chi connectivity index (χ1) is 12.5. The third-order valence-electron chi connectivity index (χ3n) is 5.97. The monoisotopic (exact) mass is 358 g/mol. The fourth-order valence-corrected chi connectivity index (χ4v) is 4.24. The zero-order valence-electron chi connectivity index (χ0n) is 14.5. The Kier molecular flexibility index (Phi) is 3.21. The summed E-state index contributed by atoms with van der Waals surface area (Å²) in [5.74, 6) is -3.95. The predicted molar refractivity (Wildman–Crippen MR) is 94.0 cm³/mol. The van der Waals surface area contributed by atoms with Crippen LogP contribution in [0.25, 0.3) is 21.9 Å². The summed E-state index contributed by atoms with van der Waals surface area (Å²) in [5, 5.41) is 2.08. The van der Waals surface area contributed by atoms with Gasteiger partial charge in [0, 0.05) is 48.9 Å². The van der Waals surface area contributed by atoms with E-state index in [9.17, 15) is 13.6 Å². The Labute approximate surface area is 149 Å². The average molecular weight is 358 g/mol. The van der Waals surface area contributed by atoms with Crippen molar-refractivity contribution < 1.29 is 13.6 Å². The van der Waals surface area contributed by atoms with E-state index in [4.69, 9.17) is 0 Å². The van der Waals surface area contributed by atoms with Crippen LogP contribution in [0.4, 0.5) is 8.78 Å². The van der Waals surface area contributed by atoms with Crippen LogP contribution in [-0.4, -0.2) is 44.4 Å². The van der Waals surface area contributed by atoms with Gasteiger partial charge in [-0.3, -0.25) is 4.79 Å². The zero-order chi connectivity index (χ0) is 18.1. The van der Waals surface area contributed by atoms with E-state index in [1.54, 1.807) is 4.90 Å². The van der Waals surface area contributed by atoms with Gasteiger partial charge in [0.05, 0.1) is 11.6 Å². The molecule has 1 saturated carbocycles. The van der Waals surface area contributed by atoms with Crippen LogP contribution in [0.5, 0.6) is 0 Å². The summed E-state index contributed by atoms with van der Waals surface area (Å²) in [4.78, 5) is 21.6. The number of amides is 1. The minimum atomic E-state index is -2.81. The number of pyridine rings is 1.